The number of benzene rings is 1. The van der Waals surface area contributed by atoms with E-state index in [1.165, 1.54) is 12.3 Å². The van der Waals surface area contributed by atoms with Gasteiger partial charge in [-0.15, -0.1) is 0 Å². The average molecular weight is 202 g/mol. The van der Waals surface area contributed by atoms with Crippen molar-refractivity contribution in [1.82, 2.24) is 0 Å². The van der Waals surface area contributed by atoms with Gasteiger partial charge in [0.15, 0.2) is 5.78 Å². The number of hydrogen-bond donors (Lipinski definition) is 0. The fourth-order valence-corrected chi connectivity index (χ4v) is 1.82. The molecule has 0 bridgehead atoms. The number of ketones is 1. The molecule has 1 aliphatic rings. The molecule has 1 unspecified atom stereocenters. The van der Waals surface area contributed by atoms with Crippen LogP contribution in [0.3, 0.4) is 0 Å². The Bertz CT molecular complexity index is 390. The van der Waals surface area contributed by atoms with Gasteiger partial charge < -0.3 is 4.74 Å². The molecule has 0 N–H and O–H groups in total. The van der Waals surface area contributed by atoms with Crippen molar-refractivity contribution in [3.05, 3.63) is 48.2 Å². The lowest BCUT2D eigenvalue weighted by Gasteiger charge is -2.34. The van der Waals surface area contributed by atoms with Crippen molar-refractivity contribution in [2.45, 2.75) is 20.0 Å². The van der Waals surface area contributed by atoms with Gasteiger partial charge in [-0.05, 0) is 19.4 Å². The summed E-state index contributed by atoms with van der Waals surface area (Å²) in [6, 6.07) is 9.84. The molecule has 1 heterocycles. The van der Waals surface area contributed by atoms with Crippen LogP contribution in [0, 0.1) is 5.41 Å². The predicted molar refractivity (Wildman–Crippen MR) is 58.2 cm³/mol. The molecule has 78 valence electrons. The summed E-state index contributed by atoms with van der Waals surface area (Å²) in [6.45, 7) is 3.83. The summed E-state index contributed by atoms with van der Waals surface area (Å²) in [7, 11) is 0. The average Bonchev–Trinajstić information content (AvgIpc) is 2.23. The second-order valence-electron chi connectivity index (χ2n) is 4.32. The van der Waals surface area contributed by atoms with E-state index in [0.29, 0.717) is 0 Å². The Labute approximate surface area is 89.6 Å². The van der Waals surface area contributed by atoms with Crippen molar-refractivity contribution in [3.63, 3.8) is 0 Å². The Morgan fingerprint density at radius 3 is 2.53 bits per heavy atom. The van der Waals surface area contributed by atoms with E-state index in [1.54, 1.807) is 0 Å². The lowest BCUT2D eigenvalue weighted by Crippen LogP contribution is -2.33. The minimum atomic E-state index is -0.490. The molecule has 1 aromatic rings. The van der Waals surface area contributed by atoms with Gasteiger partial charge in [0.1, 0.15) is 6.10 Å². The van der Waals surface area contributed by atoms with E-state index >= 15 is 0 Å². The summed E-state index contributed by atoms with van der Waals surface area (Å²) in [5, 5.41) is 0. The number of rotatable bonds is 1. The van der Waals surface area contributed by atoms with Crippen LogP contribution in [0.15, 0.2) is 42.7 Å². The number of ether oxygens (including phenoxy) is 1. The molecule has 0 amide bonds. The van der Waals surface area contributed by atoms with Crippen LogP contribution < -0.4 is 0 Å². The zero-order chi connectivity index (χ0) is 10.9. The molecule has 0 saturated carbocycles. The second-order valence-corrected chi connectivity index (χ2v) is 4.32. The van der Waals surface area contributed by atoms with Gasteiger partial charge in [0.2, 0.25) is 0 Å². The third-order valence-electron chi connectivity index (χ3n) is 2.83. The van der Waals surface area contributed by atoms with Crippen molar-refractivity contribution in [2.24, 2.45) is 5.41 Å². The van der Waals surface area contributed by atoms with Gasteiger partial charge in [-0.1, -0.05) is 30.3 Å². The van der Waals surface area contributed by atoms with Crippen molar-refractivity contribution >= 4 is 5.78 Å². The number of allylic oxidation sites excluding steroid dienone is 1. The SMILES string of the molecule is CC1(C)C(=O)C=COC1c1ccccc1. The molecule has 0 aromatic heterocycles. The third-order valence-corrected chi connectivity index (χ3v) is 2.83. The minimum absolute atomic E-state index is 0.114. The Morgan fingerprint density at radius 1 is 1.20 bits per heavy atom. The fourth-order valence-electron chi connectivity index (χ4n) is 1.82. The van der Waals surface area contributed by atoms with Gasteiger partial charge in [0.05, 0.1) is 11.7 Å². The van der Waals surface area contributed by atoms with E-state index in [4.69, 9.17) is 4.74 Å². The van der Waals surface area contributed by atoms with Crippen LogP contribution in [-0.4, -0.2) is 5.78 Å². The molecule has 0 aliphatic carbocycles. The van der Waals surface area contributed by atoms with Gasteiger partial charge in [-0.2, -0.15) is 0 Å². The molecule has 2 nitrogen and oxygen atoms in total. The summed E-state index contributed by atoms with van der Waals surface area (Å²) in [5.74, 6) is 0.114. The van der Waals surface area contributed by atoms with Gasteiger partial charge in [-0.3, -0.25) is 4.79 Å². The molecular weight excluding hydrogens is 188 g/mol. The standard InChI is InChI=1S/C13H14O2/c1-13(2)11(14)8-9-15-12(13)10-6-4-3-5-7-10/h3-9,12H,1-2H3. The van der Waals surface area contributed by atoms with Crippen LogP contribution in [0.25, 0.3) is 0 Å². The monoisotopic (exact) mass is 202 g/mol. The van der Waals surface area contributed by atoms with E-state index < -0.39 is 5.41 Å². The Morgan fingerprint density at radius 2 is 1.87 bits per heavy atom. The number of carbonyl (C=O) groups is 1. The molecule has 0 saturated heterocycles. The Kier molecular flexibility index (Phi) is 2.35. The Balaban J connectivity index is 2.38. The molecule has 0 radical (unpaired) electrons. The van der Waals surface area contributed by atoms with Crippen LogP contribution >= 0.6 is 0 Å². The first-order valence-electron chi connectivity index (χ1n) is 5.04. The molecule has 0 spiro atoms. The smallest absolute Gasteiger partial charge is 0.168 e. The summed E-state index contributed by atoms with van der Waals surface area (Å²) in [4.78, 5) is 11.7. The molecule has 0 fully saturated rings. The second kappa shape index (κ2) is 3.54. The summed E-state index contributed by atoms with van der Waals surface area (Å²) in [6.07, 6.45) is 2.81. The topological polar surface area (TPSA) is 26.3 Å². The predicted octanol–water partition coefficient (Wildman–Crippen LogP) is 2.87. The van der Waals surface area contributed by atoms with Crippen LogP contribution in [0.1, 0.15) is 25.5 Å². The van der Waals surface area contributed by atoms with E-state index in [2.05, 4.69) is 0 Å². The Hall–Kier alpha value is -1.57. The highest BCUT2D eigenvalue weighted by Gasteiger charge is 2.39. The fraction of sp³-hybridized carbons (Fsp3) is 0.308. The molecular formula is C13H14O2. The maximum atomic E-state index is 11.7. The van der Waals surface area contributed by atoms with Crippen LogP contribution in [-0.2, 0) is 9.53 Å². The van der Waals surface area contributed by atoms with Gasteiger partial charge in [0.25, 0.3) is 0 Å². The zero-order valence-electron chi connectivity index (χ0n) is 8.94. The quantitative estimate of drug-likeness (QED) is 0.700. The molecule has 2 heteroatoms. The highest BCUT2D eigenvalue weighted by atomic mass is 16.5. The minimum Gasteiger partial charge on any atom is -0.492 e. The lowest BCUT2D eigenvalue weighted by molar-refractivity contribution is -0.131. The van der Waals surface area contributed by atoms with Crippen molar-refractivity contribution in [3.8, 4) is 0 Å². The molecule has 1 aliphatic heterocycles. The third kappa shape index (κ3) is 1.67. The summed E-state index contributed by atoms with van der Waals surface area (Å²) < 4.78 is 5.55. The molecule has 1 atom stereocenters. The maximum Gasteiger partial charge on any atom is 0.168 e. The normalized spacial score (nSPS) is 23.6. The van der Waals surface area contributed by atoms with Crippen molar-refractivity contribution in [2.75, 3.05) is 0 Å². The molecule has 1 aromatic carbocycles. The van der Waals surface area contributed by atoms with Gasteiger partial charge >= 0.3 is 0 Å². The molecule has 2 rings (SSSR count). The highest BCUT2D eigenvalue weighted by molar-refractivity contribution is 5.95. The highest BCUT2D eigenvalue weighted by Crippen LogP contribution is 2.40. The van der Waals surface area contributed by atoms with Crippen LogP contribution in [0.5, 0.6) is 0 Å². The van der Waals surface area contributed by atoms with Crippen molar-refractivity contribution in [1.29, 1.82) is 0 Å². The lowest BCUT2D eigenvalue weighted by atomic mass is 9.78. The summed E-state index contributed by atoms with van der Waals surface area (Å²) in [5.41, 5.74) is 0.552. The molecule has 15 heavy (non-hydrogen) atoms. The maximum absolute atomic E-state index is 11.7. The van der Waals surface area contributed by atoms with Crippen LogP contribution in [0.4, 0.5) is 0 Å². The van der Waals surface area contributed by atoms with E-state index in [1.807, 2.05) is 44.2 Å². The number of carbonyl (C=O) groups excluding carboxylic acids is 1. The number of hydrogen-bond acceptors (Lipinski definition) is 2. The van der Waals surface area contributed by atoms with Gasteiger partial charge in [-0.25, -0.2) is 0 Å². The largest absolute Gasteiger partial charge is 0.492 e. The van der Waals surface area contributed by atoms with E-state index in [-0.39, 0.29) is 11.9 Å². The van der Waals surface area contributed by atoms with E-state index in [0.717, 1.165) is 5.56 Å². The van der Waals surface area contributed by atoms with Gasteiger partial charge in [0, 0.05) is 6.08 Å². The van der Waals surface area contributed by atoms with Crippen molar-refractivity contribution < 1.29 is 9.53 Å². The zero-order valence-corrected chi connectivity index (χ0v) is 8.94. The summed E-state index contributed by atoms with van der Waals surface area (Å²) >= 11 is 0. The first kappa shape index (κ1) is 9.97. The van der Waals surface area contributed by atoms with E-state index in [9.17, 15) is 4.79 Å². The first-order valence-corrected chi connectivity index (χ1v) is 5.04. The van der Waals surface area contributed by atoms with Crippen LogP contribution in [0.2, 0.25) is 0 Å². The first-order chi connectivity index (χ1) is 7.12.